The number of rotatable bonds is 4. The van der Waals surface area contributed by atoms with Gasteiger partial charge in [0.2, 0.25) is 0 Å². The van der Waals surface area contributed by atoms with E-state index < -0.39 is 23.4 Å². The maximum Gasteiger partial charge on any atom is 0.325 e. The van der Waals surface area contributed by atoms with E-state index in [1.807, 2.05) is 0 Å². The Bertz CT molecular complexity index is 885. The van der Waals surface area contributed by atoms with Gasteiger partial charge in [0.05, 0.1) is 24.4 Å². The Morgan fingerprint density at radius 1 is 1.08 bits per heavy atom. The minimum absolute atomic E-state index is 0.263. The van der Waals surface area contributed by atoms with E-state index in [9.17, 15) is 13.6 Å². The van der Waals surface area contributed by atoms with Crippen LogP contribution in [0.25, 0.3) is 10.2 Å². The monoisotopic (exact) mass is 365 g/mol. The van der Waals surface area contributed by atoms with Crippen LogP contribution < -0.4 is 20.1 Å². The largest absolute Gasteiger partial charge is 0.493 e. The van der Waals surface area contributed by atoms with Crippen molar-refractivity contribution in [2.24, 2.45) is 0 Å². The predicted molar refractivity (Wildman–Crippen MR) is 91.7 cm³/mol. The molecule has 2 amide bonds. The Balaban J connectivity index is 1.82. The number of halogens is 2. The first-order valence-corrected chi connectivity index (χ1v) is 7.88. The van der Waals surface area contributed by atoms with E-state index >= 15 is 0 Å². The molecule has 0 spiro atoms. The summed E-state index contributed by atoms with van der Waals surface area (Å²) in [6.07, 6.45) is 0. The highest BCUT2D eigenvalue weighted by atomic mass is 32.1. The molecule has 0 saturated heterocycles. The third-order valence-electron chi connectivity index (χ3n) is 3.32. The van der Waals surface area contributed by atoms with Gasteiger partial charge in [0, 0.05) is 12.1 Å². The number of ether oxygens (including phenoxy) is 2. The van der Waals surface area contributed by atoms with Crippen LogP contribution in [0.4, 0.5) is 24.4 Å². The molecule has 0 unspecified atom stereocenters. The molecule has 2 N–H and O–H groups in total. The number of aromatic nitrogens is 1. The van der Waals surface area contributed by atoms with Gasteiger partial charge in [0.15, 0.2) is 16.6 Å². The van der Waals surface area contributed by atoms with E-state index in [1.165, 1.54) is 31.6 Å². The van der Waals surface area contributed by atoms with Crippen LogP contribution >= 0.6 is 11.3 Å². The molecule has 0 atom stereocenters. The molecule has 0 aliphatic heterocycles. The zero-order valence-corrected chi connectivity index (χ0v) is 14.0. The minimum atomic E-state index is -0.867. The molecule has 1 heterocycles. The summed E-state index contributed by atoms with van der Waals surface area (Å²) in [5, 5.41) is 4.85. The highest BCUT2D eigenvalue weighted by molar-refractivity contribution is 7.22. The number of nitrogens with one attached hydrogen (secondary N) is 2. The van der Waals surface area contributed by atoms with Crippen LogP contribution in [0.1, 0.15) is 0 Å². The van der Waals surface area contributed by atoms with Gasteiger partial charge in [-0.2, -0.15) is 0 Å². The molecule has 1 aromatic heterocycles. The van der Waals surface area contributed by atoms with Crippen molar-refractivity contribution in [2.45, 2.75) is 0 Å². The highest BCUT2D eigenvalue weighted by Crippen LogP contribution is 2.36. The summed E-state index contributed by atoms with van der Waals surface area (Å²) in [5.74, 6) is -0.698. The number of thiazole rings is 1. The van der Waals surface area contributed by atoms with Crippen LogP contribution in [-0.4, -0.2) is 25.2 Å². The Hall–Kier alpha value is -2.94. The zero-order valence-electron chi connectivity index (χ0n) is 13.2. The lowest BCUT2D eigenvalue weighted by Crippen LogP contribution is -2.20. The normalized spacial score (nSPS) is 10.6. The van der Waals surface area contributed by atoms with Gasteiger partial charge in [0.1, 0.15) is 17.3 Å². The Labute approximate surface area is 145 Å². The smallest absolute Gasteiger partial charge is 0.325 e. The molecule has 0 saturated carbocycles. The van der Waals surface area contributed by atoms with Crippen LogP contribution in [0.5, 0.6) is 11.5 Å². The fourth-order valence-electron chi connectivity index (χ4n) is 2.17. The Morgan fingerprint density at radius 2 is 1.72 bits per heavy atom. The zero-order chi connectivity index (χ0) is 18.0. The first kappa shape index (κ1) is 16.9. The molecule has 3 aromatic rings. The average molecular weight is 365 g/mol. The van der Waals surface area contributed by atoms with Gasteiger partial charge in [-0.25, -0.2) is 18.6 Å². The topological polar surface area (TPSA) is 72.5 Å². The van der Waals surface area contributed by atoms with Crippen molar-refractivity contribution in [2.75, 3.05) is 24.9 Å². The van der Waals surface area contributed by atoms with Crippen molar-refractivity contribution >= 4 is 38.4 Å². The van der Waals surface area contributed by atoms with E-state index in [4.69, 9.17) is 9.47 Å². The van der Waals surface area contributed by atoms with Crippen LogP contribution in [0.2, 0.25) is 0 Å². The Morgan fingerprint density at radius 3 is 2.36 bits per heavy atom. The fourth-order valence-corrected chi connectivity index (χ4v) is 3.04. The van der Waals surface area contributed by atoms with E-state index in [0.29, 0.717) is 17.0 Å². The number of amides is 2. The standard InChI is InChI=1S/C16H13F2N3O3S/c1-23-11-6-10-13(7-12(11)24-2)25-16(19-10)21-15(22)20-14-8(17)4-3-5-9(14)18/h3-7H,1-2H3,(H2,19,20,21,22). The van der Waals surface area contributed by atoms with Crippen molar-refractivity contribution in [3.8, 4) is 11.5 Å². The number of carbonyl (C=O) groups excluding carboxylic acids is 1. The van der Waals surface area contributed by atoms with Crippen molar-refractivity contribution in [1.82, 2.24) is 4.98 Å². The van der Waals surface area contributed by atoms with Gasteiger partial charge in [-0.1, -0.05) is 17.4 Å². The number of para-hydroxylation sites is 1. The molecular weight excluding hydrogens is 352 g/mol. The summed E-state index contributed by atoms with van der Waals surface area (Å²) in [4.78, 5) is 16.2. The summed E-state index contributed by atoms with van der Waals surface area (Å²) < 4.78 is 38.3. The number of carbonyl (C=O) groups is 1. The molecule has 130 valence electrons. The van der Waals surface area contributed by atoms with Crippen molar-refractivity contribution in [1.29, 1.82) is 0 Å². The second-order valence-electron chi connectivity index (χ2n) is 4.87. The lowest BCUT2D eigenvalue weighted by Gasteiger charge is -2.07. The molecule has 0 aliphatic rings. The third kappa shape index (κ3) is 3.45. The summed E-state index contributed by atoms with van der Waals surface area (Å²) in [6.45, 7) is 0. The number of methoxy groups -OCH3 is 2. The number of fused-ring (bicyclic) bond motifs is 1. The number of hydrogen-bond donors (Lipinski definition) is 2. The summed E-state index contributed by atoms with van der Waals surface area (Å²) >= 11 is 1.19. The third-order valence-corrected chi connectivity index (χ3v) is 4.25. The predicted octanol–water partition coefficient (Wildman–Crippen LogP) is 4.24. The fraction of sp³-hybridized carbons (Fsp3) is 0.125. The molecular formula is C16H13F2N3O3S. The lowest BCUT2D eigenvalue weighted by molar-refractivity contribution is 0.262. The van der Waals surface area contributed by atoms with E-state index in [0.717, 1.165) is 16.8 Å². The molecule has 0 radical (unpaired) electrons. The number of hydrogen-bond acceptors (Lipinski definition) is 5. The lowest BCUT2D eigenvalue weighted by atomic mass is 10.3. The molecule has 0 fully saturated rings. The number of anilines is 2. The van der Waals surface area contributed by atoms with Crippen molar-refractivity contribution in [3.05, 3.63) is 42.0 Å². The Kier molecular flexibility index (Phi) is 4.66. The highest BCUT2D eigenvalue weighted by Gasteiger charge is 2.15. The van der Waals surface area contributed by atoms with Crippen LogP contribution in [0, 0.1) is 11.6 Å². The quantitative estimate of drug-likeness (QED) is 0.726. The molecule has 2 aromatic carbocycles. The molecule has 9 heteroatoms. The number of benzene rings is 2. The summed E-state index contributed by atoms with van der Waals surface area (Å²) in [6, 6.07) is 5.91. The molecule has 3 rings (SSSR count). The second-order valence-corrected chi connectivity index (χ2v) is 5.90. The summed E-state index contributed by atoms with van der Waals surface area (Å²) in [5.41, 5.74) is 0.0690. The molecule has 0 bridgehead atoms. The average Bonchev–Trinajstić information content (AvgIpc) is 2.97. The first-order chi connectivity index (χ1) is 12.0. The van der Waals surface area contributed by atoms with Crippen LogP contribution in [-0.2, 0) is 0 Å². The summed E-state index contributed by atoms with van der Waals surface area (Å²) in [7, 11) is 3.02. The molecule has 25 heavy (non-hydrogen) atoms. The molecule has 6 nitrogen and oxygen atoms in total. The first-order valence-electron chi connectivity index (χ1n) is 7.06. The van der Waals surface area contributed by atoms with E-state index in [1.54, 1.807) is 12.1 Å². The van der Waals surface area contributed by atoms with Crippen LogP contribution in [0.15, 0.2) is 30.3 Å². The van der Waals surface area contributed by atoms with Gasteiger partial charge >= 0.3 is 6.03 Å². The van der Waals surface area contributed by atoms with E-state index in [2.05, 4.69) is 15.6 Å². The maximum absolute atomic E-state index is 13.6. The second kappa shape index (κ2) is 6.89. The van der Waals surface area contributed by atoms with Gasteiger partial charge in [-0.3, -0.25) is 5.32 Å². The van der Waals surface area contributed by atoms with Crippen molar-refractivity contribution < 1.29 is 23.0 Å². The van der Waals surface area contributed by atoms with Gasteiger partial charge in [0.25, 0.3) is 0 Å². The number of nitrogens with zero attached hydrogens (tertiary/aromatic N) is 1. The van der Waals surface area contributed by atoms with Crippen LogP contribution in [0.3, 0.4) is 0 Å². The maximum atomic E-state index is 13.6. The molecule has 0 aliphatic carbocycles. The van der Waals surface area contributed by atoms with E-state index in [-0.39, 0.29) is 5.13 Å². The number of urea groups is 1. The minimum Gasteiger partial charge on any atom is -0.493 e. The van der Waals surface area contributed by atoms with Crippen molar-refractivity contribution in [3.63, 3.8) is 0 Å². The van der Waals surface area contributed by atoms with Gasteiger partial charge in [-0.15, -0.1) is 0 Å². The van der Waals surface area contributed by atoms with Gasteiger partial charge in [-0.05, 0) is 12.1 Å². The van der Waals surface area contributed by atoms with Gasteiger partial charge < -0.3 is 14.8 Å². The SMILES string of the molecule is COc1cc2nc(NC(=O)Nc3c(F)cccc3F)sc2cc1OC.